The molecule has 10 nitrogen and oxygen atoms in total. The van der Waals surface area contributed by atoms with Crippen molar-refractivity contribution in [3.63, 3.8) is 0 Å². The van der Waals surface area contributed by atoms with Crippen molar-refractivity contribution in [2.45, 2.75) is 57.5 Å². The second-order valence-electron chi connectivity index (χ2n) is 9.70. The molecule has 0 aromatic heterocycles. The van der Waals surface area contributed by atoms with Gasteiger partial charge in [0.1, 0.15) is 24.5 Å². The lowest BCUT2D eigenvalue weighted by molar-refractivity contribution is -0.136. The highest BCUT2D eigenvalue weighted by atomic mass is 16.6. The Balaban J connectivity index is 1.16. The molecule has 5 rings (SSSR count). The van der Waals surface area contributed by atoms with Crippen molar-refractivity contribution < 1.29 is 28.7 Å². The fourth-order valence-electron chi connectivity index (χ4n) is 5.20. The van der Waals surface area contributed by atoms with E-state index in [-0.39, 0.29) is 30.9 Å². The first kappa shape index (κ1) is 24.8. The summed E-state index contributed by atoms with van der Waals surface area (Å²) in [5, 5.41) is 2.33. The standard InChI is InChI=1S/C27H30N4O6/c28-27(35)37-19-10-12-30(13-11-19)14-17-4-6-18(7-5-17)16-36-23-3-1-2-20-21(23)15-31(26(20)34)22-8-9-24(32)29-25(22)33/h1-7,19,22H,8-16H2,(H2,28,35)(H,29,32,33)/t22-/m0/s1. The van der Waals surface area contributed by atoms with E-state index in [0.29, 0.717) is 24.3 Å². The third kappa shape index (κ3) is 5.59. The number of primary amides is 1. The maximum atomic E-state index is 13.0. The van der Waals surface area contributed by atoms with Crippen molar-refractivity contribution in [1.29, 1.82) is 0 Å². The molecule has 0 bridgehead atoms. The van der Waals surface area contributed by atoms with Crippen molar-refractivity contribution in [3.8, 4) is 5.75 Å². The summed E-state index contributed by atoms with van der Waals surface area (Å²) in [6.45, 7) is 3.12. The van der Waals surface area contributed by atoms with Gasteiger partial charge < -0.3 is 20.1 Å². The van der Waals surface area contributed by atoms with Gasteiger partial charge in [0.25, 0.3) is 5.91 Å². The monoisotopic (exact) mass is 506 g/mol. The Morgan fingerprint density at radius 3 is 2.43 bits per heavy atom. The average Bonchev–Trinajstić information content (AvgIpc) is 3.21. The number of hydrogen-bond donors (Lipinski definition) is 2. The summed E-state index contributed by atoms with van der Waals surface area (Å²) in [5.41, 5.74) is 8.59. The molecule has 4 amide bonds. The number of fused-ring (bicyclic) bond motifs is 1. The SMILES string of the molecule is NC(=O)OC1CCN(Cc2ccc(COc3cccc4c3CN([C@H]3CCC(=O)NC3=O)C4=O)cc2)CC1. The van der Waals surface area contributed by atoms with Crippen LogP contribution >= 0.6 is 0 Å². The number of piperidine rings is 2. The quantitative estimate of drug-likeness (QED) is 0.550. The van der Waals surface area contributed by atoms with Crippen LogP contribution in [0.25, 0.3) is 0 Å². The van der Waals surface area contributed by atoms with Gasteiger partial charge in [-0.15, -0.1) is 0 Å². The molecular weight excluding hydrogens is 476 g/mol. The average molecular weight is 507 g/mol. The lowest BCUT2D eigenvalue weighted by Crippen LogP contribution is -2.52. The number of imide groups is 1. The lowest BCUT2D eigenvalue weighted by Gasteiger charge is -2.31. The third-order valence-corrected chi connectivity index (χ3v) is 7.18. The van der Waals surface area contributed by atoms with E-state index in [1.807, 2.05) is 18.2 Å². The van der Waals surface area contributed by atoms with E-state index in [1.54, 1.807) is 12.1 Å². The zero-order valence-corrected chi connectivity index (χ0v) is 20.5. The Kier molecular flexibility index (Phi) is 7.09. The molecule has 0 saturated carbocycles. The summed E-state index contributed by atoms with van der Waals surface area (Å²) in [6.07, 6.45) is 1.29. The van der Waals surface area contributed by atoms with Gasteiger partial charge in [0, 0.05) is 37.2 Å². The number of carbonyl (C=O) groups excluding carboxylic acids is 4. The molecule has 2 fully saturated rings. The lowest BCUT2D eigenvalue weighted by atomic mass is 10.0. The van der Waals surface area contributed by atoms with Crippen LogP contribution in [0.2, 0.25) is 0 Å². The molecule has 2 aromatic rings. The van der Waals surface area contributed by atoms with E-state index in [4.69, 9.17) is 15.2 Å². The molecule has 194 valence electrons. The van der Waals surface area contributed by atoms with Crippen LogP contribution in [0.15, 0.2) is 42.5 Å². The minimum absolute atomic E-state index is 0.0981. The van der Waals surface area contributed by atoms with Gasteiger partial charge in [-0.2, -0.15) is 0 Å². The molecule has 2 saturated heterocycles. The first-order chi connectivity index (χ1) is 17.9. The summed E-state index contributed by atoms with van der Waals surface area (Å²) in [6, 6.07) is 12.9. The van der Waals surface area contributed by atoms with Crippen molar-refractivity contribution in [2.75, 3.05) is 13.1 Å². The summed E-state index contributed by atoms with van der Waals surface area (Å²) in [4.78, 5) is 51.6. The highest BCUT2D eigenvalue weighted by Crippen LogP contribution is 2.34. The van der Waals surface area contributed by atoms with Crippen molar-refractivity contribution in [3.05, 3.63) is 64.7 Å². The number of ether oxygens (including phenoxy) is 2. The van der Waals surface area contributed by atoms with E-state index >= 15 is 0 Å². The molecule has 1 atom stereocenters. The zero-order chi connectivity index (χ0) is 25.9. The second-order valence-corrected chi connectivity index (χ2v) is 9.70. The number of nitrogens with two attached hydrogens (primary N) is 1. The van der Waals surface area contributed by atoms with E-state index in [2.05, 4.69) is 22.3 Å². The van der Waals surface area contributed by atoms with Gasteiger partial charge in [-0.25, -0.2) is 4.79 Å². The molecule has 3 aliphatic heterocycles. The number of benzene rings is 2. The summed E-state index contributed by atoms with van der Waals surface area (Å²) >= 11 is 0. The van der Waals surface area contributed by atoms with Crippen LogP contribution in [-0.2, 0) is 34.0 Å². The van der Waals surface area contributed by atoms with Crippen LogP contribution in [-0.4, -0.2) is 58.8 Å². The molecule has 3 heterocycles. The minimum Gasteiger partial charge on any atom is -0.489 e. The smallest absolute Gasteiger partial charge is 0.404 e. The molecule has 2 aromatic carbocycles. The van der Waals surface area contributed by atoms with Gasteiger partial charge in [0.05, 0.1) is 6.54 Å². The number of rotatable bonds is 7. The fraction of sp³-hybridized carbons (Fsp3) is 0.407. The third-order valence-electron chi connectivity index (χ3n) is 7.18. The van der Waals surface area contributed by atoms with Gasteiger partial charge in [-0.1, -0.05) is 30.3 Å². The molecule has 10 heteroatoms. The van der Waals surface area contributed by atoms with Crippen LogP contribution in [0.5, 0.6) is 5.75 Å². The first-order valence-electron chi connectivity index (χ1n) is 12.5. The summed E-state index contributed by atoms with van der Waals surface area (Å²) in [5.74, 6) is -0.335. The van der Waals surface area contributed by atoms with Crippen molar-refractivity contribution in [1.82, 2.24) is 15.1 Å². The van der Waals surface area contributed by atoms with Gasteiger partial charge in [-0.3, -0.25) is 24.6 Å². The van der Waals surface area contributed by atoms with Gasteiger partial charge in [-0.05, 0) is 42.5 Å². The van der Waals surface area contributed by atoms with Gasteiger partial charge in [0.2, 0.25) is 11.8 Å². The second kappa shape index (κ2) is 10.6. The maximum absolute atomic E-state index is 13.0. The van der Waals surface area contributed by atoms with E-state index in [1.165, 1.54) is 10.5 Å². The molecule has 0 unspecified atom stereocenters. The van der Waals surface area contributed by atoms with Crippen LogP contribution in [0.3, 0.4) is 0 Å². The number of hydrogen-bond acceptors (Lipinski definition) is 7. The van der Waals surface area contributed by atoms with E-state index in [9.17, 15) is 19.2 Å². The Labute approximate surface area is 214 Å². The van der Waals surface area contributed by atoms with Crippen LogP contribution in [0.4, 0.5) is 4.79 Å². The van der Waals surface area contributed by atoms with Crippen LogP contribution in [0.1, 0.15) is 52.7 Å². The Morgan fingerprint density at radius 2 is 1.73 bits per heavy atom. The van der Waals surface area contributed by atoms with E-state index < -0.39 is 18.0 Å². The van der Waals surface area contributed by atoms with Gasteiger partial charge >= 0.3 is 6.09 Å². The van der Waals surface area contributed by atoms with Crippen LogP contribution < -0.4 is 15.8 Å². The number of amides is 4. The Bertz CT molecular complexity index is 1210. The topological polar surface area (TPSA) is 131 Å². The number of nitrogens with one attached hydrogen (secondary N) is 1. The Morgan fingerprint density at radius 1 is 1.00 bits per heavy atom. The molecular formula is C27H30N4O6. The molecule has 3 N–H and O–H groups in total. The Hall–Kier alpha value is -3.92. The van der Waals surface area contributed by atoms with Gasteiger partial charge in [0.15, 0.2) is 0 Å². The summed E-state index contributed by atoms with van der Waals surface area (Å²) in [7, 11) is 0. The zero-order valence-electron chi connectivity index (χ0n) is 20.5. The maximum Gasteiger partial charge on any atom is 0.404 e. The van der Waals surface area contributed by atoms with Crippen molar-refractivity contribution >= 4 is 23.8 Å². The normalized spacial score (nSPS) is 20.5. The largest absolute Gasteiger partial charge is 0.489 e. The highest BCUT2D eigenvalue weighted by Gasteiger charge is 2.40. The predicted molar refractivity (Wildman–Crippen MR) is 132 cm³/mol. The van der Waals surface area contributed by atoms with Crippen LogP contribution in [0, 0.1) is 0 Å². The fourth-order valence-corrected chi connectivity index (χ4v) is 5.20. The number of nitrogens with zero attached hydrogens (tertiary/aromatic N) is 2. The first-order valence-corrected chi connectivity index (χ1v) is 12.5. The highest BCUT2D eigenvalue weighted by molar-refractivity contribution is 6.05. The minimum atomic E-state index is -0.713. The molecule has 0 spiro atoms. The predicted octanol–water partition coefficient (Wildman–Crippen LogP) is 2.09. The number of likely N-dealkylation sites (tertiary alicyclic amines) is 1. The number of carbonyl (C=O) groups is 4. The van der Waals surface area contributed by atoms with Crippen molar-refractivity contribution in [2.24, 2.45) is 5.73 Å². The van der Waals surface area contributed by atoms with E-state index in [0.717, 1.165) is 43.6 Å². The molecule has 3 aliphatic rings. The molecule has 37 heavy (non-hydrogen) atoms. The summed E-state index contributed by atoms with van der Waals surface area (Å²) < 4.78 is 11.2. The molecule has 0 aliphatic carbocycles. The molecule has 0 radical (unpaired) electrons.